The van der Waals surface area contributed by atoms with Gasteiger partial charge < -0.3 is 25.4 Å². The minimum absolute atomic E-state index is 0.142. The zero-order valence-electron chi connectivity index (χ0n) is 21.1. The summed E-state index contributed by atoms with van der Waals surface area (Å²) < 4.78 is 11.3. The number of carbonyl (C=O) groups is 2. The normalized spacial score (nSPS) is 17.2. The van der Waals surface area contributed by atoms with Gasteiger partial charge in [0.25, 0.3) is 0 Å². The molecule has 0 bridgehead atoms. The van der Waals surface area contributed by atoms with E-state index in [0.717, 1.165) is 42.9 Å². The van der Waals surface area contributed by atoms with Gasteiger partial charge in [0.15, 0.2) is 0 Å². The minimum atomic E-state index is -0.912. The van der Waals surface area contributed by atoms with E-state index in [9.17, 15) is 9.59 Å². The van der Waals surface area contributed by atoms with Crippen molar-refractivity contribution in [2.45, 2.75) is 69.9 Å². The van der Waals surface area contributed by atoms with Gasteiger partial charge in [-0.05, 0) is 61.4 Å². The van der Waals surface area contributed by atoms with Crippen molar-refractivity contribution in [1.29, 1.82) is 0 Å². The van der Waals surface area contributed by atoms with Gasteiger partial charge in [-0.15, -0.1) is 0 Å². The van der Waals surface area contributed by atoms with Crippen molar-refractivity contribution in [3.05, 3.63) is 60.2 Å². The van der Waals surface area contributed by atoms with Crippen LogP contribution in [0, 0.1) is 5.92 Å². The molecule has 0 atom stereocenters. The Hall–Kier alpha value is -3.22. The maximum absolute atomic E-state index is 13.1. The van der Waals surface area contributed by atoms with Crippen molar-refractivity contribution >= 4 is 17.7 Å². The van der Waals surface area contributed by atoms with Crippen molar-refractivity contribution in [2.75, 3.05) is 25.0 Å². The molecule has 4 rings (SSSR count). The lowest BCUT2D eigenvalue weighted by Crippen LogP contribution is -2.60. The molecule has 2 amide bonds. The Balaban J connectivity index is 1.19. The molecule has 0 spiro atoms. The third-order valence-corrected chi connectivity index (χ3v) is 7.25. The minimum Gasteiger partial charge on any atom is -0.493 e. The maximum atomic E-state index is 13.1. The van der Waals surface area contributed by atoms with Crippen molar-refractivity contribution < 1.29 is 19.1 Å². The summed E-state index contributed by atoms with van der Waals surface area (Å²) in [5.74, 6) is 1.45. The lowest BCUT2D eigenvalue weighted by Gasteiger charge is -2.36. The number of carbonyl (C=O) groups excluding carboxylic acids is 2. The number of benzene rings is 2. The van der Waals surface area contributed by atoms with E-state index in [2.05, 4.69) is 16.0 Å². The lowest BCUT2D eigenvalue weighted by atomic mass is 9.81. The fourth-order valence-electron chi connectivity index (χ4n) is 5.13. The molecule has 2 aliphatic rings. The van der Waals surface area contributed by atoms with Gasteiger partial charge in [-0.2, -0.15) is 0 Å². The van der Waals surface area contributed by atoms with E-state index >= 15 is 0 Å². The highest BCUT2D eigenvalue weighted by Crippen LogP contribution is 2.29. The Morgan fingerprint density at radius 3 is 2.31 bits per heavy atom. The Bertz CT molecular complexity index is 952. The van der Waals surface area contributed by atoms with Crippen molar-refractivity contribution in [3.8, 4) is 5.75 Å². The highest BCUT2D eigenvalue weighted by molar-refractivity contribution is 5.90. The molecule has 0 aliphatic heterocycles. The quantitative estimate of drug-likeness (QED) is 0.364. The van der Waals surface area contributed by atoms with Crippen molar-refractivity contribution in [1.82, 2.24) is 10.6 Å². The molecular formula is C29H39N3O4. The number of hydrogen-bond donors (Lipinski definition) is 3. The molecule has 3 N–H and O–H groups in total. The van der Waals surface area contributed by atoms with Crippen molar-refractivity contribution in [3.63, 3.8) is 0 Å². The van der Waals surface area contributed by atoms with Gasteiger partial charge in [-0.25, -0.2) is 4.79 Å². The fourth-order valence-corrected chi connectivity index (χ4v) is 5.13. The van der Waals surface area contributed by atoms with Gasteiger partial charge in [0.2, 0.25) is 5.91 Å². The molecule has 2 aliphatic carbocycles. The molecule has 2 fully saturated rings. The second-order valence-corrected chi connectivity index (χ2v) is 10.00. The molecule has 0 aromatic heterocycles. The Morgan fingerprint density at radius 1 is 0.861 bits per heavy atom. The number of hydrogen-bond acceptors (Lipinski definition) is 5. The molecule has 0 unspecified atom stereocenters. The molecule has 0 heterocycles. The van der Waals surface area contributed by atoms with Gasteiger partial charge >= 0.3 is 6.09 Å². The number of anilines is 1. The molecule has 0 saturated heterocycles. The number of ether oxygens (including phenoxy) is 2. The third-order valence-electron chi connectivity index (χ3n) is 7.25. The molecule has 2 aromatic rings. The first kappa shape index (κ1) is 25.9. The highest BCUT2D eigenvalue weighted by Gasteiger charge is 2.41. The molecule has 7 nitrogen and oxygen atoms in total. The van der Waals surface area contributed by atoms with Crippen LogP contribution in [0.1, 0.15) is 63.4 Å². The average Bonchev–Trinajstić information content (AvgIpc) is 3.44. The predicted octanol–water partition coefficient (Wildman–Crippen LogP) is 5.41. The number of rotatable bonds is 11. The first-order valence-electron chi connectivity index (χ1n) is 13.4. The molecule has 2 aromatic carbocycles. The Labute approximate surface area is 214 Å². The Kier molecular flexibility index (Phi) is 9.47. The summed E-state index contributed by atoms with van der Waals surface area (Å²) in [5, 5.41) is 9.24. The summed E-state index contributed by atoms with van der Waals surface area (Å²) in [5.41, 5.74) is 0.978. The summed E-state index contributed by atoms with van der Waals surface area (Å²) in [6.07, 6.45) is 8.76. The van der Waals surface area contributed by atoms with Crippen LogP contribution in [0.25, 0.3) is 0 Å². The van der Waals surface area contributed by atoms with Gasteiger partial charge in [-0.3, -0.25) is 4.79 Å². The van der Waals surface area contributed by atoms with Gasteiger partial charge in [0, 0.05) is 18.8 Å². The zero-order chi connectivity index (χ0) is 25.1. The van der Waals surface area contributed by atoms with Crippen LogP contribution in [-0.4, -0.2) is 37.2 Å². The van der Waals surface area contributed by atoms with Crippen LogP contribution in [0.5, 0.6) is 5.75 Å². The monoisotopic (exact) mass is 493 g/mol. The summed E-state index contributed by atoms with van der Waals surface area (Å²) in [7, 11) is 0. The fraction of sp³-hybridized carbons (Fsp3) is 0.517. The van der Waals surface area contributed by atoms with E-state index in [1.807, 2.05) is 54.6 Å². The third kappa shape index (κ3) is 7.64. The standard InChI is InChI=1S/C29H39N3O4/c33-27(29(17-7-2-8-18-29)32-28(34)36-22-24-9-3-1-4-10-24)31-20-19-30-25-13-15-26(16-14-25)35-21-23-11-5-6-12-23/h1,3-4,9-10,13-16,23,30H,2,5-8,11-12,17-22H2,(H,31,33)(H,32,34). The summed E-state index contributed by atoms with van der Waals surface area (Å²) in [4.78, 5) is 25.7. The second-order valence-electron chi connectivity index (χ2n) is 10.00. The maximum Gasteiger partial charge on any atom is 0.408 e. The number of nitrogens with one attached hydrogen (secondary N) is 3. The van der Waals surface area contributed by atoms with Crippen LogP contribution in [0.2, 0.25) is 0 Å². The Morgan fingerprint density at radius 2 is 1.58 bits per heavy atom. The molecule has 2 saturated carbocycles. The molecule has 36 heavy (non-hydrogen) atoms. The van der Waals surface area contributed by atoms with E-state index < -0.39 is 11.6 Å². The van der Waals surface area contributed by atoms with Crippen LogP contribution in [-0.2, 0) is 16.1 Å². The summed E-state index contributed by atoms with van der Waals surface area (Å²) >= 11 is 0. The highest BCUT2D eigenvalue weighted by atomic mass is 16.5. The van der Waals surface area contributed by atoms with Crippen LogP contribution >= 0.6 is 0 Å². The smallest absolute Gasteiger partial charge is 0.408 e. The van der Waals surface area contributed by atoms with Crippen LogP contribution in [0.15, 0.2) is 54.6 Å². The SMILES string of the molecule is O=C(NC1(C(=O)NCCNc2ccc(OCC3CCCC3)cc2)CCCCC1)OCc1ccccc1. The topological polar surface area (TPSA) is 88.7 Å². The van der Waals surface area contributed by atoms with Crippen LogP contribution < -0.4 is 20.7 Å². The van der Waals surface area contributed by atoms with E-state index in [1.165, 1.54) is 25.7 Å². The first-order chi connectivity index (χ1) is 17.6. The van der Waals surface area contributed by atoms with Gasteiger partial charge in [-0.1, -0.05) is 62.4 Å². The number of alkyl carbamates (subject to hydrolysis) is 1. The van der Waals surface area contributed by atoms with Gasteiger partial charge in [0.1, 0.15) is 17.9 Å². The molecule has 7 heteroatoms. The summed E-state index contributed by atoms with van der Waals surface area (Å²) in [6, 6.07) is 17.5. The number of amides is 2. The second kappa shape index (κ2) is 13.2. The molecule has 194 valence electrons. The van der Waals surface area contributed by atoms with E-state index in [0.29, 0.717) is 31.8 Å². The average molecular weight is 494 g/mol. The van der Waals surface area contributed by atoms with Crippen molar-refractivity contribution in [2.24, 2.45) is 5.92 Å². The molecular weight excluding hydrogens is 454 g/mol. The summed E-state index contributed by atoms with van der Waals surface area (Å²) in [6.45, 7) is 2.02. The molecule has 0 radical (unpaired) electrons. The van der Waals surface area contributed by atoms with E-state index in [4.69, 9.17) is 9.47 Å². The lowest BCUT2D eigenvalue weighted by molar-refractivity contribution is -0.128. The predicted molar refractivity (Wildman–Crippen MR) is 141 cm³/mol. The largest absolute Gasteiger partial charge is 0.493 e. The van der Waals surface area contributed by atoms with E-state index in [1.54, 1.807) is 0 Å². The zero-order valence-corrected chi connectivity index (χ0v) is 21.1. The van der Waals surface area contributed by atoms with Gasteiger partial charge in [0.05, 0.1) is 6.61 Å². The van der Waals surface area contributed by atoms with E-state index in [-0.39, 0.29) is 12.5 Å². The van der Waals surface area contributed by atoms with Crippen LogP contribution in [0.3, 0.4) is 0 Å². The van der Waals surface area contributed by atoms with Crippen LogP contribution in [0.4, 0.5) is 10.5 Å². The first-order valence-corrected chi connectivity index (χ1v) is 13.4.